The van der Waals surface area contributed by atoms with Crippen molar-refractivity contribution >= 4 is 5.91 Å². The van der Waals surface area contributed by atoms with Crippen LogP contribution in [0.15, 0.2) is 0 Å². The molecule has 1 aliphatic heterocycles. The highest BCUT2D eigenvalue weighted by atomic mass is 16.2. The van der Waals surface area contributed by atoms with Gasteiger partial charge in [0.2, 0.25) is 5.91 Å². The van der Waals surface area contributed by atoms with Gasteiger partial charge in [0, 0.05) is 25.9 Å². The number of carbonyl (C=O) groups excluding carboxylic acids is 1. The lowest BCUT2D eigenvalue weighted by molar-refractivity contribution is -0.136. The van der Waals surface area contributed by atoms with Crippen molar-refractivity contribution in [3.05, 3.63) is 0 Å². The Morgan fingerprint density at radius 1 is 1.33 bits per heavy atom. The first kappa shape index (κ1) is 10.5. The molecule has 3 nitrogen and oxygen atoms in total. The van der Waals surface area contributed by atoms with Crippen LogP contribution in [0.5, 0.6) is 0 Å². The standard InChI is InChI=1S/C12H18N2O/c1-9(15)14-7-11(8-14)12(6-13)10-4-2-3-5-10/h10-12H,2-5,7-8H2,1H3. The van der Waals surface area contributed by atoms with Crippen LogP contribution in [0, 0.1) is 29.1 Å². The molecule has 1 heterocycles. The smallest absolute Gasteiger partial charge is 0.219 e. The first-order valence-electron chi connectivity index (χ1n) is 5.87. The fraction of sp³-hybridized carbons (Fsp3) is 0.833. The number of carbonyl (C=O) groups is 1. The maximum Gasteiger partial charge on any atom is 0.219 e. The summed E-state index contributed by atoms with van der Waals surface area (Å²) in [6.07, 6.45) is 5.00. The second-order valence-electron chi connectivity index (χ2n) is 4.88. The molecule has 1 saturated carbocycles. The lowest BCUT2D eigenvalue weighted by atomic mass is 9.77. The van der Waals surface area contributed by atoms with Crippen LogP contribution in [-0.2, 0) is 4.79 Å². The van der Waals surface area contributed by atoms with E-state index in [1.807, 2.05) is 4.90 Å². The molecule has 0 aromatic carbocycles. The van der Waals surface area contributed by atoms with Gasteiger partial charge in [0.1, 0.15) is 0 Å². The zero-order valence-electron chi connectivity index (χ0n) is 9.28. The number of rotatable bonds is 2. The zero-order valence-corrected chi connectivity index (χ0v) is 9.28. The van der Waals surface area contributed by atoms with Crippen molar-refractivity contribution in [1.82, 2.24) is 4.90 Å². The predicted octanol–water partition coefficient (Wildman–Crippen LogP) is 1.79. The molecular weight excluding hydrogens is 188 g/mol. The van der Waals surface area contributed by atoms with Gasteiger partial charge in [-0.2, -0.15) is 5.26 Å². The highest BCUT2D eigenvalue weighted by Crippen LogP contribution is 2.38. The molecule has 1 atom stereocenters. The SMILES string of the molecule is CC(=O)N1CC(C(C#N)C2CCCC2)C1. The molecule has 0 radical (unpaired) electrons. The minimum atomic E-state index is 0.148. The summed E-state index contributed by atoms with van der Waals surface area (Å²) in [5.41, 5.74) is 0. The lowest BCUT2D eigenvalue weighted by Gasteiger charge is -2.42. The van der Waals surface area contributed by atoms with Gasteiger partial charge in [0.15, 0.2) is 0 Å². The van der Waals surface area contributed by atoms with E-state index in [2.05, 4.69) is 6.07 Å². The molecule has 1 unspecified atom stereocenters. The van der Waals surface area contributed by atoms with Crippen LogP contribution < -0.4 is 0 Å². The van der Waals surface area contributed by atoms with Gasteiger partial charge in [-0.3, -0.25) is 4.79 Å². The van der Waals surface area contributed by atoms with E-state index in [9.17, 15) is 10.1 Å². The van der Waals surface area contributed by atoms with Crippen LogP contribution in [0.4, 0.5) is 0 Å². The van der Waals surface area contributed by atoms with Crippen LogP contribution in [0.3, 0.4) is 0 Å². The average Bonchev–Trinajstić information content (AvgIpc) is 2.61. The summed E-state index contributed by atoms with van der Waals surface area (Å²) in [5, 5.41) is 9.19. The molecule has 0 spiro atoms. The molecule has 3 heteroatoms. The van der Waals surface area contributed by atoms with Crippen LogP contribution in [-0.4, -0.2) is 23.9 Å². The Bertz CT molecular complexity index is 282. The number of hydrogen-bond acceptors (Lipinski definition) is 2. The van der Waals surface area contributed by atoms with Crippen molar-refractivity contribution in [2.45, 2.75) is 32.6 Å². The molecule has 0 bridgehead atoms. The van der Waals surface area contributed by atoms with E-state index >= 15 is 0 Å². The maximum atomic E-state index is 11.0. The third-order valence-corrected chi connectivity index (χ3v) is 3.92. The van der Waals surface area contributed by atoms with Crippen LogP contribution >= 0.6 is 0 Å². The van der Waals surface area contributed by atoms with E-state index in [1.54, 1.807) is 6.92 Å². The summed E-state index contributed by atoms with van der Waals surface area (Å²) < 4.78 is 0. The van der Waals surface area contributed by atoms with Crippen LogP contribution in [0.2, 0.25) is 0 Å². The minimum absolute atomic E-state index is 0.148. The van der Waals surface area contributed by atoms with Crippen molar-refractivity contribution < 1.29 is 4.79 Å². The number of hydrogen-bond donors (Lipinski definition) is 0. The van der Waals surface area contributed by atoms with Crippen LogP contribution in [0.1, 0.15) is 32.6 Å². The normalized spacial score (nSPS) is 24.7. The second-order valence-corrected chi connectivity index (χ2v) is 4.88. The predicted molar refractivity (Wildman–Crippen MR) is 56.8 cm³/mol. The van der Waals surface area contributed by atoms with Gasteiger partial charge in [-0.05, 0) is 18.8 Å². The lowest BCUT2D eigenvalue weighted by Crippen LogP contribution is -2.52. The highest BCUT2D eigenvalue weighted by molar-refractivity contribution is 5.74. The summed E-state index contributed by atoms with van der Waals surface area (Å²) >= 11 is 0. The Kier molecular flexibility index (Phi) is 2.95. The van der Waals surface area contributed by atoms with Gasteiger partial charge >= 0.3 is 0 Å². The van der Waals surface area contributed by atoms with E-state index in [-0.39, 0.29) is 11.8 Å². The maximum absolute atomic E-state index is 11.0. The Morgan fingerprint density at radius 2 is 1.93 bits per heavy atom. The summed E-state index contributed by atoms with van der Waals surface area (Å²) in [6, 6.07) is 2.47. The zero-order chi connectivity index (χ0) is 10.8. The molecule has 15 heavy (non-hydrogen) atoms. The van der Waals surface area contributed by atoms with E-state index < -0.39 is 0 Å². The van der Waals surface area contributed by atoms with E-state index in [1.165, 1.54) is 25.7 Å². The van der Waals surface area contributed by atoms with Crippen molar-refractivity contribution in [2.75, 3.05) is 13.1 Å². The van der Waals surface area contributed by atoms with E-state index in [0.717, 1.165) is 13.1 Å². The first-order valence-corrected chi connectivity index (χ1v) is 5.87. The quantitative estimate of drug-likeness (QED) is 0.691. The first-order chi connectivity index (χ1) is 7.22. The fourth-order valence-corrected chi connectivity index (χ4v) is 2.91. The molecule has 2 rings (SSSR count). The minimum Gasteiger partial charge on any atom is -0.342 e. The second kappa shape index (κ2) is 4.22. The fourth-order valence-electron chi connectivity index (χ4n) is 2.91. The third-order valence-electron chi connectivity index (χ3n) is 3.92. The molecule has 0 N–H and O–H groups in total. The topological polar surface area (TPSA) is 44.1 Å². The monoisotopic (exact) mass is 206 g/mol. The summed E-state index contributed by atoms with van der Waals surface area (Å²) in [4.78, 5) is 12.9. The third kappa shape index (κ3) is 1.99. The Hall–Kier alpha value is -1.04. The summed E-state index contributed by atoms with van der Waals surface area (Å²) in [7, 11) is 0. The summed E-state index contributed by atoms with van der Waals surface area (Å²) in [6.45, 7) is 3.22. The highest BCUT2D eigenvalue weighted by Gasteiger charge is 2.39. The van der Waals surface area contributed by atoms with Crippen molar-refractivity contribution in [3.63, 3.8) is 0 Å². The molecule has 82 valence electrons. The molecule has 0 aromatic heterocycles. The molecule has 2 fully saturated rings. The average molecular weight is 206 g/mol. The number of nitrogens with zero attached hydrogens (tertiary/aromatic N) is 2. The molecule has 2 aliphatic rings. The van der Waals surface area contributed by atoms with Gasteiger partial charge in [-0.25, -0.2) is 0 Å². The molecule has 1 aliphatic carbocycles. The number of amides is 1. The number of nitriles is 1. The Labute approximate surface area is 91.1 Å². The Balaban J connectivity index is 1.87. The van der Waals surface area contributed by atoms with Gasteiger partial charge in [0.05, 0.1) is 12.0 Å². The van der Waals surface area contributed by atoms with Crippen molar-refractivity contribution in [2.24, 2.45) is 17.8 Å². The van der Waals surface area contributed by atoms with E-state index in [0.29, 0.717) is 11.8 Å². The molecule has 1 amide bonds. The molecule has 0 aromatic rings. The van der Waals surface area contributed by atoms with Gasteiger partial charge in [-0.1, -0.05) is 12.8 Å². The van der Waals surface area contributed by atoms with Crippen molar-refractivity contribution in [3.8, 4) is 6.07 Å². The largest absolute Gasteiger partial charge is 0.342 e. The number of likely N-dealkylation sites (tertiary alicyclic amines) is 1. The summed E-state index contributed by atoms with van der Waals surface area (Å²) in [5.74, 6) is 1.40. The van der Waals surface area contributed by atoms with Crippen LogP contribution in [0.25, 0.3) is 0 Å². The van der Waals surface area contributed by atoms with Gasteiger partial charge in [0.25, 0.3) is 0 Å². The molecule has 1 saturated heterocycles. The van der Waals surface area contributed by atoms with E-state index in [4.69, 9.17) is 0 Å². The Morgan fingerprint density at radius 3 is 2.40 bits per heavy atom. The van der Waals surface area contributed by atoms with Crippen molar-refractivity contribution in [1.29, 1.82) is 5.26 Å². The van der Waals surface area contributed by atoms with Gasteiger partial charge < -0.3 is 4.90 Å². The molecular formula is C12H18N2O. The van der Waals surface area contributed by atoms with Gasteiger partial charge in [-0.15, -0.1) is 0 Å².